The summed E-state index contributed by atoms with van der Waals surface area (Å²) in [4.78, 5) is 2.75. The molecule has 1 aromatic carbocycles. The molecule has 3 aromatic rings. The molecule has 1 saturated heterocycles. The number of piperidine rings is 1. The van der Waals surface area contributed by atoms with Gasteiger partial charge in [0.1, 0.15) is 5.82 Å². The molecule has 29 heavy (non-hydrogen) atoms. The van der Waals surface area contributed by atoms with Crippen molar-refractivity contribution in [2.45, 2.75) is 36.5 Å². The van der Waals surface area contributed by atoms with Crippen molar-refractivity contribution in [2.24, 2.45) is 0 Å². The zero-order chi connectivity index (χ0) is 20.3. The Morgan fingerprint density at radius 3 is 2.83 bits per heavy atom. The summed E-state index contributed by atoms with van der Waals surface area (Å²) in [6.07, 6.45) is 3.74. The average molecular weight is 438 g/mol. The number of nitrogens with zero attached hydrogens (tertiary/aromatic N) is 2. The molecule has 0 bridgehead atoms. The highest BCUT2D eigenvalue weighted by Crippen LogP contribution is 2.32. The van der Waals surface area contributed by atoms with E-state index in [0.29, 0.717) is 22.9 Å². The van der Waals surface area contributed by atoms with Gasteiger partial charge < -0.3 is 9.42 Å². The normalized spacial score (nSPS) is 16.6. The third-order valence-electron chi connectivity index (χ3n) is 5.43. The first-order chi connectivity index (χ1) is 14.0. The Kier molecular flexibility index (Phi) is 6.29. The molecule has 1 N–H and O–H groups in total. The molecule has 4 rings (SSSR count). The van der Waals surface area contributed by atoms with Crippen molar-refractivity contribution in [3.63, 3.8) is 0 Å². The number of thiophene rings is 1. The molecule has 1 aliphatic heterocycles. The molecule has 0 spiro atoms. The predicted molar refractivity (Wildman–Crippen MR) is 111 cm³/mol. The standard InChI is InChI=1S/C20H24FN3O3S2/c21-16-3-4-18-19(13-16)27-23-20(18)15-5-10-24(11-6-15)9-2-1-8-22-29(25,26)17-7-12-28-14-17/h3-4,7,12-15,22H,1-2,5-6,8-11H2. The summed E-state index contributed by atoms with van der Waals surface area (Å²) in [5, 5.41) is 8.50. The third kappa shape index (κ3) is 4.85. The highest BCUT2D eigenvalue weighted by Gasteiger charge is 2.25. The Hall–Kier alpha value is -1.81. The van der Waals surface area contributed by atoms with Crippen molar-refractivity contribution < 1.29 is 17.3 Å². The fourth-order valence-corrected chi connectivity index (χ4v) is 5.91. The molecule has 3 heterocycles. The maximum Gasteiger partial charge on any atom is 0.241 e. The zero-order valence-electron chi connectivity index (χ0n) is 16.0. The summed E-state index contributed by atoms with van der Waals surface area (Å²) in [6.45, 7) is 3.36. The van der Waals surface area contributed by atoms with Gasteiger partial charge in [-0.1, -0.05) is 5.16 Å². The molecule has 0 unspecified atom stereocenters. The second kappa shape index (κ2) is 8.91. The zero-order valence-corrected chi connectivity index (χ0v) is 17.6. The quantitative estimate of drug-likeness (QED) is 0.540. The minimum absolute atomic E-state index is 0.312. The minimum atomic E-state index is -3.37. The Bertz CT molecular complexity index is 1040. The molecule has 0 atom stereocenters. The lowest BCUT2D eigenvalue weighted by molar-refractivity contribution is 0.206. The van der Waals surface area contributed by atoms with Gasteiger partial charge in [0.25, 0.3) is 0 Å². The van der Waals surface area contributed by atoms with Crippen molar-refractivity contribution >= 4 is 32.3 Å². The number of aromatic nitrogens is 1. The van der Waals surface area contributed by atoms with Crippen molar-refractivity contribution in [3.05, 3.63) is 46.5 Å². The van der Waals surface area contributed by atoms with Gasteiger partial charge in [-0.3, -0.25) is 0 Å². The van der Waals surface area contributed by atoms with E-state index in [4.69, 9.17) is 4.52 Å². The fourth-order valence-electron chi connectivity index (χ4n) is 3.81. The smallest absolute Gasteiger partial charge is 0.241 e. The van der Waals surface area contributed by atoms with Gasteiger partial charge in [0, 0.05) is 29.3 Å². The number of fused-ring (bicyclic) bond motifs is 1. The highest BCUT2D eigenvalue weighted by atomic mass is 32.2. The predicted octanol–water partition coefficient (Wildman–Crippen LogP) is 3.97. The van der Waals surface area contributed by atoms with E-state index < -0.39 is 10.0 Å². The van der Waals surface area contributed by atoms with Gasteiger partial charge in [-0.05, 0) is 68.9 Å². The van der Waals surface area contributed by atoms with Crippen LogP contribution in [0.15, 0.2) is 44.4 Å². The number of unbranched alkanes of at least 4 members (excludes halogenated alkanes) is 1. The molecule has 1 aliphatic rings. The van der Waals surface area contributed by atoms with E-state index in [9.17, 15) is 12.8 Å². The molecule has 9 heteroatoms. The minimum Gasteiger partial charge on any atom is -0.356 e. The Morgan fingerprint density at radius 2 is 2.07 bits per heavy atom. The molecule has 0 radical (unpaired) electrons. The van der Waals surface area contributed by atoms with Gasteiger partial charge in [-0.25, -0.2) is 17.5 Å². The van der Waals surface area contributed by atoms with E-state index >= 15 is 0 Å². The maximum atomic E-state index is 13.3. The van der Waals surface area contributed by atoms with Crippen molar-refractivity contribution in [3.8, 4) is 0 Å². The van der Waals surface area contributed by atoms with Crippen LogP contribution in [-0.2, 0) is 10.0 Å². The van der Waals surface area contributed by atoms with Gasteiger partial charge in [0.15, 0.2) is 5.58 Å². The van der Waals surface area contributed by atoms with E-state index in [-0.39, 0.29) is 5.82 Å². The Morgan fingerprint density at radius 1 is 1.24 bits per heavy atom. The lowest BCUT2D eigenvalue weighted by Gasteiger charge is -2.31. The first-order valence-corrected chi connectivity index (χ1v) is 12.2. The molecule has 0 saturated carbocycles. The van der Waals surface area contributed by atoms with Gasteiger partial charge in [-0.15, -0.1) is 0 Å². The highest BCUT2D eigenvalue weighted by molar-refractivity contribution is 7.89. The monoisotopic (exact) mass is 437 g/mol. The number of likely N-dealkylation sites (tertiary alicyclic amines) is 1. The Labute approximate surface area is 173 Å². The van der Waals surface area contributed by atoms with Crippen LogP contribution in [0, 0.1) is 5.82 Å². The summed E-state index contributed by atoms with van der Waals surface area (Å²) < 4.78 is 45.4. The van der Waals surface area contributed by atoms with Crippen LogP contribution < -0.4 is 4.72 Å². The van der Waals surface area contributed by atoms with Crippen molar-refractivity contribution in [2.75, 3.05) is 26.2 Å². The van der Waals surface area contributed by atoms with Crippen LogP contribution in [0.25, 0.3) is 11.0 Å². The number of sulfonamides is 1. The lowest BCUT2D eigenvalue weighted by atomic mass is 9.91. The van der Waals surface area contributed by atoms with Crippen LogP contribution in [0.1, 0.15) is 37.3 Å². The van der Waals surface area contributed by atoms with Crippen LogP contribution in [0.5, 0.6) is 0 Å². The summed E-state index contributed by atoms with van der Waals surface area (Å²) in [5.41, 5.74) is 1.44. The molecular weight excluding hydrogens is 413 g/mol. The van der Waals surface area contributed by atoms with E-state index in [1.54, 1.807) is 22.9 Å². The number of rotatable bonds is 8. The molecule has 0 aliphatic carbocycles. The van der Waals surface area contributed by atoms with Crippen LogP contribution in [-0.4, -0.2) is 44.7 Å². The lowest BCUT2D eigenvalue weighted by Crippen LogP contribution is -2.34. The average Bonchev–Trinajstić information content (AvgIpc) is 3.38. The number of hydrogen-bond donors (Lipinski definition) is 1. The van der Waals surface area contributed by atoms with E-state index in [1.807, 2.05) is 0 Å². The van der Waals surface area contributed by atoms with Crippen molar-refractivity contribution in [1.29, 1.82) is 0 Å². The number of hydrogen-bond acceptors (Lipinski definition) is 6. The first-order valence-electron chi connectivity index (χ1n) is 9.82. The van der Waals surface area contributed by atoms with E-state index in [1.165, 1.54) is 23.5 Å². The largest absolute Gasteiger partial charge is 0.356 e. The number of halogens is 1. The van der Waals surface area contributed by atoms with Crippen LogP contribution in [0.3, 0.4) is 0 Å². The molecular formula is C20H24FN3O3S2. The Balaban J connectivity index is 1.19. The first kappa shape index (κ1) is 20.5. The van der Waals surface area contributed by atoms with Gasteiger partial charge >= 0.3 is 0 Å². The van der Waals surface area contributed by atoms with Crippen LogP contribution >= 0.6 is 11.3 Å². The maximum absolute atomic E-state index is 13.3. The summed E-state index contributed by atoms with van der Waals surface area (Å²) >= 11 is 1.38. The fraction of sp³-hybridized carbons (Fsp3) is 0.450. The molecule has 1 fully saturated rings. The molecule has 156 valence electrons. The SMILES string of the molecule is O=S(=O)(NCCCCN1CCC(c2noc3cc(F)ccc23)CC1)c1ccsc1. The summed E-state index contributed by atoms with van der Waals surface area (Å²) in [5.74, 6) is 0.0167. The van der Waals surface area contributed by atoms with E-state index in [0.717, 1.165) is 56.4 Å². The van der Waals surface area contributed by atoms with Gasteiger partial charge in [0.2, 0.25) is 10.0 Å². The van der Waals surface area contributed by atoms with Gasteiger partial charge in [0.05, 0.1) is 10.6 Å². The van der Waals surface area contributed by atoms with Crippen molar-refractivity contribution in [1.82, 2.24) is 14.8 Å². The van der Waals surface area contributed by atoms with Crippen LogP contribution in [0.4, 0.5) is 4.39 Å². The molecule has 2 aromatic heterocycles. The van der Waals surface area contributed by atoms with Crippen LogP contribution in [0.2, 0.25) is 0 Å². The summed E-state index contributed by atoms with van der Waals surface area (Å²) in [7, 11) is -3.37. The third-order valence-corrected chi connectivity index (χ3v) is 7.73. The molecule has 0 amide bonds. The second-order valence-electron chi connectivity index (χ2n) is 7.39. The summed E-state index contributed by atoms with van der Waals surface area (Å²) in [6, 6.07) is 6.20. The number of nitrogens with one attached hydrogen (secondary N) is 1. The number of benzene rings is 1. The van der Waals surface area contributed by atoms with Gasteiger partial charge in [-0.2, -0.15) is 11.3 Å². The topological polar surface area (TPSA) is 75.4 Å². The van der Waals surface area contributed by atoms with E-state index in [2.05, 4.69) is 14.8 Å². The second-order valence-corrected chi connectivity index (χ2v) is 9.94. The molecule has 6 nitrogen and oxygen atoms in total.